The van der Waals surface area contributed by atoms with Gasteiger partial charge in [0.1, 0.15) is 5.82 Å². The highest BCUT2D eigenvalue weighted by atomic mass is 32.1. The molecule has 2 aliphatic rings. The summed E-state index contributed by atoms with van der Waals surface area (Å²) in [5, 5.41) is 4.45. The summed E-state index contributed by atoms with van der Waals surface area (Å²) in [6, 6.07) is 5.08. The predicted molar refractivity (Wildman–Crippen MR) is 112 cm³/mol. The number of rotatable bonds is 4. The van der Waals surface area contributed by atoms with Crippen LogP contribution in [0.25, 0.3) is 11.3 Å². The van der Waals surface area contributed by atoms with Crippen LogP contribution in [0.4, 0.5) is 9.52 Å². The van der Waals surface area contributed by atoms with Gasteiger partial charge in [0.15, 0.2) is 5.13 Å². The Kier molecular flexibility index (Phi) is 5.67. The Hall–Kier alpha value is -1.95. The Labute approximate surface area is 170 Å². The first-order valence-electron chi connectivity index (χ1n) is 10.3. The van der Waals surface area contributed by atoms with Gasteiger partial charge in [-0.1, -0.05) is 19.9 Å². The average Bonchev–Trinajstić information content (AvgIpc) is 3.02. The van der Waals surface area contributed by atoms with Gasteiger partial charge >= 0.3 is 0 Å². The van der Waals surface area contributed by atoms with Crippen LogP contribution in [-0.4, -0.2) is 35.4 Å². The number of anilines is 1. The zero-order valence-corrected chi connectivity index (χ0v) is 17.4. The number of aromatic nitrogens is 1. The third kappa shape index (κ3) is 4.07. The zero-order chi connectivity index (χ0) is 19.7. The van der Waals surface area contributed by atoms with E-state index in [0.29, 0.717) is 5.92 Å². The van der Waals surface area contributed by atoms with Crippen molar-refractivity contribution in [2.24, 2.45) is 11.8 Å². The lowest BCUT2D eigenvalue weighted by Gasteiger charge is -2.33. The minimum Gasteiger partial charge on any atom is -0.361 e. The van der Waals surface area contributed by atoms with E-state index in [9.17, 15) is 9.18 Å². The third-order valence-electron chi connectivity index (χ3n) is 5.84. The molecule has 2 heterocycles. The number of fused-ring (bicyclic) bond motifs is 3. The topological polar surface area (TPSA) is 45.2 Å². The lowest BCUT2D eigenvalue weighted by molar-refractivity contribution is -0.135. The second kappa shape index (κ2) is 8.19. The van der Waals surface area contributed by atoms with E-state index in [0.717, 1.165) is 68.1 Å². The van der Waals surface area contributed by atoms with E-state index in [2.05, 4.69) is 5.32 Å². The minimum absolute atomic E-state index is 0.0770. The van der Waals surface area contributed by atoms with Crippen molar-refractivity contribution in [3.8, 4) is 11.3 Å². The number of likely N-dealkylation sites (tertiary alicyclic amines) is 1. The highest BCUT2D eigenvalue weighted by molar-refractivity contribution is 7.16. The van der Waals surface area contributed by atoms with E-state index in [-0.39, 0.29) is 17.6 Å². The standard InChI is InChI=1S/C22H28FN3OS/c1-14(2)21(27)26-10-8-15(9-11-26)13-24-22-25-20-18-12-17(23)7-6-16(18)4-3-5-19(20)28-22/h6-7,12,14-15H,3-5,8-11,13H2,1-2H3,(H,24,25). The average molecular weight is 402 g/mol. The van der Waals surface area contributed by atoms with E-state index in [1.54, 1.807) is 23.5 Å². The van der Waals surface area contributed by atoms with Crippen LogP contribution in [0.2, 0.25) is 0 Å². The first-order chi connectivity index (χ1) is 13.5. The molecule has 4 nitrogen and oxygen atoms in total. The van der Waals surface area contributed by atoms with Gasteiger partial charge in [0.25, 0.3) is 0 Å². The molecule has 28 heavy (non-hydrogen) atoms. The smallest absolute Gasteiger partial charge is 0.225 e. The number of thiazole rings is 1. The van der Waals surface area contributed by atoms with Gasteiger partial charge in [0, 0.05) is 36.0 Å². The fourth-order valence-electron chi connectivity index (χ4n) is 4.19. The lowest BCUT2D eigenvalue weighted by Crippen LogP contribution is -2.41. The number of benzene rings is 1. The lowest BCUT2D eigenvalue weighted by atomic mass is 9.96. The summed E-state index contributed by atoms with van der Waals surface area (Å²) < 4.78 is 13.8. The predicted octanol–water partition coefficient (Wildman–Crippen LogP) is 4.74. The summed E-state index contributed by atoms with van der Waals surface area (Å²) in [5.41, 5.74) is 3.10. The molecule has 0 bridgehead atoms. The summed E-state index contributed by atoms with van der Waals surface area (Å²) >= 11 is 1.71. The Morgan fingerprint density at radius 3 is 2.86 bits per heavy atom. The van der Waals surface area contributed by atoms with Crippen LogP contribution >= 0.6 is 11.3 Å². The normalized spacial score (nSPS) is 17.2. The van der Waals surface area contributed by atoms with Crippen molar-refractivity contribution in [3.05, 3.63) is 34.5 Å². The number of amides is 1. The molecule has 1 aromatic carbocycles. The fourth-order valence-corrected chi connectivity index (χ4v) is 5.21. The van der Waals surface area contributed by atoms with Crippen LogP contribution in [-0.2, 0) is 17.6 Å². The van der Waals surface area contributed by atoms with Gasteiger partial charge in [-0.25, -0.2) is 9.37 Å². The molecule has 0 atom stereocenters. The molecule has 0 radical (unpaired) electrons. The van der Waals surface area contributed by atoms with Crippen molar-refractivity contribution in [1.82, 2.24) is 9.88 Å². The molecule has 1 amide bonds. The molecule has 2 aromatic rings. The van der Waals surface area contributed by atoms with E-state index >= 15 is 0 Å². The maximum atomic E-state index is 13.8. The van der Waals surface area contributed by atoms with Gasteiger partial charge in [-0.15, -0.1) is 11.3 Å². The van der Waals surface area contributed by atoms with Crippen molar-refractivity contribution in [1.29, 1.82) is 0 Å². The molecule has 1 aromatic heterocycles. The number of carbonyl (C=O) groups is 1. The number of carbonyl (C=O) groups excluding carboxylic acids is 1. The molecule has 1 aliphatic carbocycles. The summed E-state index contributed by atoms with van der Waals surface area (Å²) in [6.07, 6.45) is 5.13. The van der Waals surface area contributed by atoms with Crippen molar-refractivity contribution in [2.45, 2.75) is 46.0 Å². The number of hydrogen-bond donors (Lipinski definition) is 1. The molecule has 1 aliphatic heterocycles. The van der Waals surface area contributed by atoms with Crippen molar-refractivity contribution >= 4 is 22.4 Å². The molecule has 1 saturated heterocycles. The van der Waals surface area contributed by atoms with Gasteiger partial charge in [0.05, 0.1) is 5.69 Å². The molecule has 6 heteroatoms. The summed E-state index contributed by atoms with van der Waals surface area (Å²) in [7, 11) is 0. The van der Waals surface area contributed by atoms with Crippen LogP contribution in [0.15, 0.2) is 18.2 Å². The highest BCUT2D eigenvalue weighted by Crippen LogP contribution is 2.37. The molecular weight excluding hydrogens is 373 g/mol. The molecule has 0 spiro atoms. The number of nitrogens with one attached hydrogen (secondary N) is 1. The van der Waals surface area contributed by atoms with Crippen LogP contribution in [0.5, 0.6) is 0 Å². The summed E-state index contributed by atoms with van der Waals surface area (Å²) in [4.78, 5) is 20.2. The third-order valence-corrected chi connectivity index (χ3v) is 6.91. The SMILES string of the molecule is CC(C)C(=O)N1CCC(CNc2nc3c(s2)CCCc2ccc(F)cc2-3)CC1. The molecule has 150 valence electrons. The summed E-state index contributed by atoms with van der Waals surface area (Å²) in [6.45, 7) is 6.51. The monoisotopic (exact) mass is 401 g/mol. The molecule has 0 unspecified atom stereocenters. The van der Waals surface area contributed by atoms with E-state index in [1.165, 1.54) is 10.4 Å². The highest BCUT2D eigenvalue weighted by Gasteiger charge is 2.25. The summed E-state index contributed by atoms with van der Waals surface area (Å²) in [5.74, 6) is 0.704. The largest absolute Gasteiger partial charge is 0.361 e. The molecule has 0 saturated carbocycles. The Morgan fingerprint density at radius 1 is 1.32 bits per heavy atom. The number of halogens is 1. The number of hydrogen-bond acceptors (Lipinski definition) is 4. The fraction of sp³-hybridized carbons (Fsp3) is 0.545. The molecule has 1 N–H and O–H groups in total. The van der Waals surface area contributed by atoms with E-state index in [1.807, 2.05) is 24.8 Å². The Bertz CT molecular complexity index is 855. The first-order valence-corrected chi connectivity index (χ1v) is 11.1. The van der Waals surface area contributed by atoms with Gasteiger partial charge in [-0.2, -0.15) is 0 Å². The van der Waals surface area contributed by atoms with Gasteiger partial charge in [0.2, 0.25) is 5.91 Å². The van der Waals surface area contributed by atoms with Crippen LogP contribution < -0.4 is 5.32 Å². The molecule has 4 rings (SSSR count). The van der Waals surface area contributed by atoms with Gasteiger partial charge in [-0.05, 0) is 55.7 Å². The second-order valence-corrected chi connectivity index (χ2v) is 9.33. The van der Waals surface area contributed by atoms with E-state index < -0.39 is 0 Å². The Morgan fingerprint density at radius 2 is 2.11 bits per heavy atom. The zero-order valence-electron chi connectivity index (χ0n) is 16.6. The van der Waals surface area contributed by atoms with Crippen LogP contribution in [0.3, 0.4) is 0 Å². The maximum absolute atomic E-state index is 13.8. The molecule has 1 fully saturated rings. The minimum atomic E-state index is -0.197. The maximum Gasteiger partial charge on any atom is 0.225 e. The number of aryl methyl sites for hydroxylation is 2. The molecular formula is C22H28FN3OS. The van der Waals surface area contributed by atoms with Gasteiger partial charge in [-0.3, -0.25) is 4.79 Å². The van der Waals surface area contributed by atoms with Gasteiger partial charge < -0.3 is 10.2 Å². The van der Waals surface area contributed by atoms with Crippen LogP contribution in [0.1, 0.15) is 43.6 Å². The van der Waals surface area contributed by atoms with Crippen molar-refractivity contribution in [3.63, 3.8) is 0 Å². The van der Waals surface area contributed by atoms with Crippen molar-refractivity contribution in [2.75, 3.05) is 25.0 Å². The Balaban J connectivity index is 1.39. The second-order valence-electron chi connectivity index (χ2n) is 8.25. The van der Waals surface area contributed by atoms with E-state index in [4.69, 9.17) is 4.98 Å². The van der Waals surface area contributed by atoms with Crippen molar-refractivity contribution < 1.29 is 9.18 Å². The quantitative estimate of drug-likeness (QED) is 0.804. The van der Waals surface area contributed by atoms with Crippen LogP contribution in [0, 0.1) is 17.7 Å². The number of piperidine rings is 1. The number of nitrogens with zero attached hydrogens (tertiary/aromatic N) is 2. The first kappa shape index (κ1) is 19.4.